The molecule has 2 fully saturated rings. The van der Waals surface area contributed by atoms with Crippen molar-refractivity contribution in [1.82, 2.24) is 5.32 Å². The van der Waals surface area contributed by atoms with Crippen molar-refractivity contribution in [2.75, 3.05) is 0 Å². The van der Waals surface area contributed by atoms with Crippen molar-refractivity contribution >= 4 is 6.09 Å². The average molecular weight is 211 g/mol. The topological polar surface area (TPSA) is 38.3 Å². The van der Waals surface area contributed by atoms with Gasteiger partial charge < -0.3 is 10.1 Å². The lowest BCUT2D eigenvalue weighted by molar-refractivity contribution is -0.00210. The molecule has 0 aromatic rings. The lowest BCUT2D eigenvalue weighted by atomic mass is 9.67. The van der Waals surface area contributed by atoms with Crippen LogP contribution in [0.15, 0.2) is 0 Å². The molecular formula is C12H21NO2. The predicted molar refractivity (Wildman–Crippen MR) is 58.6 cm³/mol. The molecular weight excluding hydrogens is 190 g/mol. The number of rotatable bonds is 0. The van der Waals surface area contributed by atoms with Crippen molar-refractivity contribution in [3.05, 3.63) is 0 Å². The maximum atomic E-state index is 11.2. The van der Waals surface area contributed by atoms with Crippen molar-refractivity contribution in [2.24, 2.45) is 11.3 Å². The summed E-state index contributed by atoms with van der Waals surface area (Å²) >= 11 is 0. The van der Waals surface area contributed by atoms with E-state index in [1.807, 2.05) is 0 Å². The molecule has 0 unspecified atom stereocenters. The molecule has 2 aliphatic rings. The minimum atomic E-state index is -0.251. The maximum Gasteiger partial charge on any atom is 0.408 e. The quantitative estimate of drug-likeness (QED) is 0.669. The van der Waals surface area contributed by atoms with Gasteiger partial charge in [-0.3, -0.25) is 0 Å². The second-order valence-corrected chi connectivity index (χ2v) is 6.24. The van der Waals surface area contributed by atoms with Crippen molar-refractivity contribution in [2.45, 2.75) is 58.6 Å². The first-order chi connectivity index (χ1) is 6.81. The van der Waals surface area contributed by atoms with Crippen LogP contribution in [0.3, 0.4) is 0 Å². The first-order valence-corrected chi connectivity index (χ1v) is 5.81. The van der Waals surface area contributed by atoms with E-state index >= 15 is 0 Å². The molecule has 1 N–H and O–H groups in total. The highest BCUT2D eigenvalue weighted by Crippen LogP contribution is 2.44. The van der Waals surface area contributed by atoms with Crippen molar-refractivity contribution < 1.29 is 9.53 Å². The summed E-state index contributed by atoms with van der Waals surface area (Å²) in [5.41, 5.74) is 0.0769. The van der Waals surface area contributed by atoms with E-state index < -0.39 is 0 Å². The minimum Gasteiger partial charge on any atom is -0.441 e. The fourth-order valence-electron chi connectivity index (χ4n) is 2.79. The lowest BCUT2D eigenvalue weighted by Gasteiger charge is -2.42. The van der Waals surface area contributed by atoms with Crippen LogP contribution in [-0.2, 0) is 4.74 Å². The normalized spacial score (nSPS) is 40.7. The molecule has 2 rings (SSSR count). The molecule has 1 saturated heterocycles. The molecule has 0 aromatic heterocycles. The highest BCUT2D eigenvalue weighted by Gasteiger charge is 2.50. The zero-order valence-electron chi connectivity index (χ0n) is 10.1. The van der Waals surface area contributed by atoms with Gasteiger partial charge in [0.25, 0.3) is 0 Å². The number of carbonyl (C=O) groups excluding carboxylic acids is 1. The summed E-state index contributed by atoms with van der Waals surface area (Å²) in [7, 11) is 0. The van der Waals surface area contributed by atoms with Crippen molar-refractivity contribution in [3.63, 3.8) is 0 Å². The van der Waals surface area contributed by atoms with Crippen LogP contribution >= 0.6 is 0 Å². The highest BCUT2D eigenvalue weighted by atomic mass is 16.6. The zero-order chi connectivity index (χ0) is 11.3. The third-order valence-electron chi connectivity index (χ3n) is 4.09. The first-order valence-electron chi connectivity index (χ1n) is 5.81. The summed E-state index contributed by atoms with van der Waals surface area (Å²) in [6.07, 6.45) is 2.95. The van der Waals surface area contributed by atoms with Gasteiger partial charge in [0.1, 0.15) is 5.60 Å². The number of carbonyl (C=O) groups is 1. The fraction of sp³-hybridized carbons (Fsp3) is 0.917. The molecule has 3 nitrogen and oxygen atoms in total. The molecule has 1 aliphatic carbocycles. The highest BCUT2D eigenvalue weighted by molar-refractivity contribution is 5.71. The van der Waals surface area contributed by atoms with Gasteiger partial charge in [0.15, 0.2) is 0 Å². The number of ether oxygens (including phenoxy) is 1. The van der Waals surface area contributed by atoms with E-state index in [2.05, 4.69) is 33.0 Å². The van der Waals surface area contributed by atoms with E-state index in [1.54, 1.807) is 0 Å². The van der Waals surface area contributed by atoms with Gasteiger partial charge in [0.05, 0.1) is 6.04 Å². The summed E-state index contributed by atoms with van der Waals surface area (Å²) < 4.78 is 5.36. The molecule has 1 aliphatic heterocycles. The van der Waals surface area contributed by atoms with Crippen LogP contribution in [0.25, 0.3) is 0 Å². The minimum absolute atomic E-state index is 0.211. The van der Waals surface area contributed by atoms with Crippen molar-refractivity contribution in [3.8, 4) is 0 Å². The summed E-state index contributed by atoms with van der Waals surface area (Å²) in [4.78, 5) is 11.2. The lowest BCUT2D eigenvalue weighted by Crippen LogP contribution is -2.48. The molecule has 15 heavy (non-hydrogen) atoms. The Labute approximate surface area is 91.6 Å². The number of hydrogen-bond acceptors (Lipinski definition) is 2. The monoisotopic (exact) mass is 211 g/mol. The Morgan fingerprint density at radius 3 is 2.73 bits per heavy atom. The van der Waals surface area contributed by atoms with E-state index in [0.717, 1.165) is 19.3 Å². The molecule has 0 radical (unpaired) electrons. The van der Waals surface area contributed by atoms with Crippen LogP contribution in [0, 0.1) is 11.3 Å². The van der Waals surface area contributed by atoms with Gasteiger partial charge in [0, 0.05) is 0 Å². The Balaban J connectivity index is 2.10. The number of hydrogen-bond donors (Lipinski definition) is 1. The Hall–Kier alpha value is -0.730. The number of nitrogens with one attached hydrogen (secondary N) is 1. The van der Waals surface area contributed by atoms with Crippen LogP contribution < -0.4 is 5.32 Å². The average Bonchev–Trinajstić information content (AvgIpc) is 2.35. The zero-order valence-corrected chi connectivity index (χ0v) is 10.1. The van der Waals surface area contributed by atoms with Gasteiger partial charge in [-0.1, -0.05) is 20.8 Å². The number of amides is 1. The van der Waals surface area contributed by atoms with E-state index in [4.69, 9.17) is 4.74 Å². The third kappa shape index (κ3) is 1.84. The van der Waals surface area contributed by atoms with E-state index in [0.29, 0.717) is 11.3 Å². The van der Waals surface area contributed by atoms with Gasteiger partial charge in [-0.15, -0.1) is 0 Å². The molecule has 0 bridgehead atoms. The van der Waals surface area contributed by atoms with Crippen LogP contribution in [-0.4, -0.2) is 17.7 Å². The van der Waals surface area contributed by atoms with E-state index in [1.165, 1.54) is 0 Å². The molecule has 0 spiro atoms. The standard InChI is InChI=1S/C12H21NO2/c1-11(2,3)8-5-6-12(4)9(7-8)13-10(14)15-12/h8-9H,5-7H2,1-4H3,(H,13,14)/t8-,9-,12+/m1/s1. The fourth-order valence-corrected chi connectivity index (χ4v) is 2.79. The van der Waals surface area contributed by atoms with Crippen LogP contribution in [0.2, 0.25) is 0 Å². The first kappa shape index (κ1) is 10.8. The van der Waals surface area contributed by atoms with Crippen molar-refractivity contribution in [1.29, 1.82) is 0 Å². The Morgan fingerprint density at radius 1 is 1.47 bits per heavy atom. The second-order valence-electron chi connectivity index (χ2n) is 6.24. The number of alkyl carbamates (subject to hydrolysis) is 1. The second kappa shape index (κ2) is 3.13. The molecule has 3 atom stereocenters. The van der Waals surface area contributed by atoms with Gasteiger partial charge in [-0.25, -0.2) is 4.79 Å². The Morgan fingerprint density at radius 2 is 2.13 bits per heavy atom. The summed E-state index contributed by atoms with van der Waals surface area (Å²) in [5.74, 6) is 0.678. The van der Waals surface area contributed by atoms with Crippen LogP contribution in [0.5, 0.6) is 0 Å². The summed E-state index contributed by atoms with van der Waals surface area (Å²) in [5, 5.41) is 2.94. The molecule has 86 valence electrons. The molecule has 1 heterocycles. The van der Waals surface area contributed by atoms with Gasteiger partial charge >= 0.3 is 6.09 Å². The van der Waals surface area contributed by atoms with Gasteiger partial charge in [0.2, 0.25) is 0 Å². The molecule has 0 aromatic carbocycles. The van der Waals surface area contributed by atoms with E-state index in [9.17, 15) is 4.79 Å². The molecule has 3 heteroatoms. The SMILES string of the molecule is CC(C)(C)[C@@H]1CC[C@]2(C)OC(=O)N[C@@H]2C1. The Kier molecular flexibility index (Phi) is 2.25. The number of fused-ring (bicyclic) bond motifs is 1. The summed E-state index contributed by atoms with van der Waals surface area (Å²) in [6.45, 7) is 8.88. The van der Waals surface area contributed by atoms with Crippen LogP contribution in [0.1, 0.15) is 47.0 Å². The smallest absolute Gasteiger partial charge is 0.408 e. The predicted octanol–water partition coefficient (Wildman–Crippen LogP) is 2.70. The van der Waals surface area contributed by atoms with E-state index in [-0.39, 0.29) is 17.7 Å². The Bertz CT molecular complexity index is 282. The largest absolute Gasteiger partial charge is 0.441 e. The van der Waals surface area contributed by atoms with Gasteiger partial charge in [-0.05, 0) is 37.5 Å². The maximum absolute atomic E-state index is 11.2. The molecule has 1 saturated carbocycles. The summed E-state index contributed by atoms with van der Waals surface area (Å²) in [6, 6.07) is 0.211. The van der Waals surface area contributed by atoms with Gasteiger partial charge in [-0.2, -0.15) is 0 Å². The molecule has 1 amide bonds. The van der Waals surface area contributed by atoms with Crippen LogP contribution in [0.4, 0.5) is 4.79 Å². The third-order valence-corrected chi connectivity index (χ3v) is 4.09.